The van der Waals surface area contributed by atoms with E-state index < -0.39 is 24.7 Å². The number of carbonyl (C=O) groups is 1. The van der Waals surface area contributed by atoms with E-state index in [1.807, 2.05) is 30.3 Å². The van der Waals surface area contributed by atoms with Crippen LogP contribution in [0.4, 0.5) is 18.9 Å². The van der Waals surface area contributed by atoms with Crippen molar-refractivity contribution in [1.29, 1.82) is 0 Å². The third kappa shape index (κ3) is 6.57. The molecule has 2 aromatic rings. The van der Waals surface area contributed by atoms with Gasteiger partial charge in [-0.2, -0.15) is 13.2 Å². The second kappa shape index (κ2) is 9.45. The standard InChI is InChI=1S/C18H19F3N2O2.ClH/c1-12(16(22)13-6-3-2-4-7-13)17(24)23-14-8-5-9-15(10-14)25-11-18(19,20)21;/h2-10,12,16H,11,22H2,1H3,(H,23,24);1H. The van der Waals surface area contributed by atoms with Gasteiger partial charge in [0.1, 0.15) is 5.75 Å². The summed E-state index contributed by atoms with van der Waals surface area (Å²) in [4.78, 5) is 12.3. The maximum Gasteiger partial charge on any atom is 0.422 e. The Hall–Kier alpha value is -2.25. The Morgan fingerprint density at radius 3 is 2.42 bits per heavy atom. The molecule has 0 spiro atoms. The van der Waals surface area contributed by atoms with Crippen molar-refractivity contribution in [3.63, 3.8) is 0 Å². The van der Waals surface area contributed by atoms with E-state index in [1.165, 1.54) is 18.2 Å². The SMILES string of the molecule is CC(C(=O)Nc1cccc(OCC(F)(F)F)c1)C(N)c1ccccc1.Cl. The quantitative estimate of drug-likeness (QED) is 0.774. The van der Waals surface area contributed by atoms with E-state index in [0.29, 0.717) is 5.69 Å². The average Bonchev–Trinajstić information content (AvgIpc) is 2.59. The molecule has 0 bridgehead atoms. The second-order valence-corrected chi connectivity index (χ2v) is 5.65. The minimum Gasteiger partial charge on any atom is -0.484 e. The van der Waals surface area contributed by atoms with Gasteiger partial charge in [-0.3, -0.25) is 4.79 Å². The van der Waals surface area contributed by atoms with E-state index >= 15 is 0 Å². The van der Waals surface area contributed by atoms with Gasteiger partial charge in [0.15, 0.2) is 6.61 Å². The molecule has 2 rings (SSSR count). The molecule has 1 amide bonds. The van der Waals surface area contributed by atoms with E-state index in [-0.39, 0.29) is 24.1 Å². The lowest BCUT2D eigenvalue weighted by Gasteiger charge is -2.20. The zero-order chi connectivity index (χ0) is 18.4. The highest BCUT2D eigenvalue weighted by Crippen LogP contribution is 2.24. The van der Waals surface area contributed by atoms with Crippen LogP contribution in [0.2, 0.25) is 0 Å². The lowest BCUT2D eigenvalue weighted by atomic mass is 9.94. The number of amides is 1. The Morgan fingerprint density at radius 2 is 1.81 bits per heavy atom. The van der Waals surface area contributed by atoms with E-state index in [1.54, 1.807) is 13.0 Å². The number of anilines is 1. The third-order valence-electron chi connectivity index (χ3n) is 3.64. The first-order valence-electron chi connectivity index (χ1n) is 7.67. The molecule has 3 N–H and O–H groups in total. The molecule has 2 aromatic carbocycles. The highest BCUT2D eigenvalue weighted by Gasteiger charge is 2.28. The highest BCUT2D eigenvalue weighted by atomic mass is 35.5. The highest BCUT2D eigenvalue weighted by molar-refractivity contribution is 5.93. The van der Waals surface area contributed by atoms with E-state index in [9.17, 15) is 18.0 Å². The molecular formula is C18H20ClF3N2O2. The normalized spacial score (nSPS) is 13.3. The van der Waals surface area contributed by atoms with Crippen molar-refractivity contribution in [1.82, 2.24) is 0 Å². The molecular weight excluding hydrogens is 369 g/mol. The monoisotopic (exact) mass is 388 g/mol. The first-order valence-corrected chi connectivity index (χ1v) is 7.67. The van der Waals surface area contributed by atoms with Crippen LogP contribution in [0.25, 0.3) is 0 Å². The van der Waals surface area contributed by atoms with Gasteiger partial charge in [-0.05, 0) is 17.7 Å². The molecule has 0 fully saturated rings. The lowest BCUT2D eigenvalue weighted by Crippen LogP contribution is -2.30. The number of nitrogens with two attached hydrogens (primary N) is 1. The summed E-state index contributed by atoms with van der Waals surface area (Å²) in [5.41, 5.74) is 7.28. The number of ether oxygens (including phenoxy) is 1. The van der Waals surface area contributed by atoms with Crippen molar-refractivity contribution >= 4 is 24.0 Å². The Labute approximate surface area is 155 Å². The Kier molecular flexibility index (Phi) is 7.92. The summed E-state index contributed by atoms with van der Waals surface area (Å²) in [6, 6.07) is 14.5. The minimum absolute atomic E-state index is 0. The van der Waals surface area contributed by atoms with E-state index in [0.717, 1.165) is 5.56 Å². The number of halogens is 4. The van der Waals surface area contributed by atoms with Crippen molar-refractivity contribution in [2.45, 2.75) is 19.1 Å². The smallest absolute Gasteiger partial charge is 0.422 e. The summed E-state index contributed by atoms with van der Waals surface area (Å²) in [5, 5.41) is 2.65. The van der Waals surface area contributed by atoms with Gasteiger partial charge in [-0.15, -0.1) is 12.4 Å². The average molecular weight is 389 g/mol. The zero-order valence-electron chi connectivity index (χ0n) is 14.0. The van der Waals surface area contributed by atoms with Crippen molar-refractivity contribution in [3.05, 3.63) is 60.2 Å². The van der Waals surface area contributed by atoms with Gasteiger partial charge in [0.25, 0.3) is 0 Å². The Bertz CT molecular complexity index is 711. The largest absolute Gasteiger partial charge is 0.484 e. The van der Waals surface area contributed by atoms with Crippen molar-refractivity contribution in [2.75, 3.05) is 11.9 Å². The number of alkyl halides is 3. The van der Waals surface area contributed by atoms with Crippen LogP contribution >= 0.6 is 12.4 Å². The molecule has 2 unspecified atom stereocenters. The first kappa shape index (κ1) is 21.8. The van der Waals surface area contributed by atoms with Gasteiger partial charge in [0, 0.05) is 17.8 Å². The maximum absolute atomic E-state index is 12.3. The van der Waals surface area contributed by atoms with Gasteiger partial charge in [-0.25, -0.2) is 0 Å². The molecule has 0 saturated carbocycles. The number of hydrogen-bond donors (Lipinski definition) is 2. The van der Waals surface area contributed by atoms with Crippen LogP contribution < -0.4 is 15.8 Å². The number of nitrogens with one attached hydrogen (secondary N) is 1. The topological polar surface area (TPSA) is 64.3 Å². The Balaban J connectivity index is 0.00000338. The van der Waals surface area contributed by atoms with Crippen LogP contribution in [0.5, 0.6) is 5.75 Å². The maximum atomic E-state index is 12.3. The lowest BCUT2D eigenvalue weighted by molar-refractivity contribution is -0.153. The second-order valence-electron chi connectivity index (χ2n) is 5.65. The fraction of sp³-hybridized carbons (Fsp3) is 0.278. The van der Waals surface area contributed by atoms with Crippen LogP contribution in [0.1, 0.15) is 18.5 Å². The van der Waals surface area contributed by atoms with Crippen LogP contribution in [0.3, 0.4) is 0 Å². The van der Waals surface area contributed by atoms with Gasteiger partial charge in [0.2, 0.25) is 5.91 Å². The third-order valence-corrected chi connectivity index (χ3v) is 3.64. The summed E-state index contributed by atoms with van der Waals surface area (Å²) in [7, 11) is 0. The van der Waals surface area contributed by atoms with Crippen molar-refractivity contribution in [2.24, 2.45) is 11.7 Å². The predicted molar refractivity (Wildman–Crippen MR) is 96.4 cm³/mol. The Morgan fingerprint density at radius 1 is 1.15 bits per heavy atom. The minimum atomic E-state index is -4.42. The molecule has 2 atom stereocenters. The molecule has 0 aliphatic heterocycles. The van der Waals surface area contributed by atoms with E-state index in [2.05, 4.69) is 10.1 Å². The zero-order valence-corrected chi connectivity index (χ0v) is 14.8. The predicted octanol–water partition coefficient (Wildman–Crippen LogP) is 4.32. The van der Waals surface area contributed by atoms with Gasteiger partial charge in [0.05, 0.1) is 5.92 Å². The van der Waals surface area contributed by atoms with Gasteiger partial charge >= 0.3 is 6.18 Å². The summed E-state index contributed by atoms with van der Waals surface area (Å²) in [5.74, 6) is -0.832. The molecule has 0 aliphatic rings. The first-order chi connectivity index (χ1) is 11.8. The number of hydrogen-bond acceptors (Lipinski definition) is 3. The van der Waals surface area contributed by atoms with Crippen LogP contribution in [0, 0.1) is 5.92 Å². The molecule has 0 aromatic heterocycles. The molecule has 0 aliphatic carbocycles. The molecule has 26 heavy (non-hydrogen) atoms. The summed E-state index contributed by atoms with van der Waals surface area (Å²) in [6.45, 7) is 0.302. The molecule has 8 heteroatoms. The van der Waals surface area contributed by atoms with Gasteiger partial charge in [-0.1, -0.05) is 43.3 Å². The summed E-state index contributed by atoms with van der Waals surface area (Å²) >= 11 is 0. The molecule has 0 heterocycles. The van der Waals surface area contributed by atoms with Gasteiger partial charge < -0.3 is 15.8 Å². The molecule has 142 valence electrons. The fourth-order valence-electron chi connectivity index (χ4n) is 2.21. The number of carbonyl (C=O) groups excluding carboxylic acids is 1. The van der Waals surface area contributed by atoms with Crippen LogP contribution in [-0.2, 0) is 4.79 Å². The fourth-order valence-corrected chi connectivity index (χ4v) is 2.21. The number of benzene rings is 2. The van der Waals surface area contributed by atoms with E-state index in [4.69, 9.17) is 5.73 Å². The molecule has 0 saturated heterocycles. The molecule has 0 radical (unpaired) electrons. The summed E-state index contributed by atoms with van der Waals surface area (Å²) in [6.07, 6.45) is -4.42. The number of rotatable bonds is 6. The van der Waals surface area contributed by atoms with Crippen molar-refractivity contribution in [3.8, 4) is 5.75 Å². The molecule has 4 nitrogen and oxygen atoms in total. The summed E-state index contributed by atoms with van der Waals surface area (Å²) < 4.78 is 41.3. The van der Waals surface area contributed by atoms with Crippen molar-refractivity contribution < 1.29 is 22.7 Å². The van der Waals surface area contributed by atoms with Crippen LogP contribution in [-0.4, -0.2) is 18.7 Å². The van der Waals surface area contributed by atoms with Crippen LogP contribution in [0.15, 0.2) is 54.6 Å².